The second kappa shape index (κ2) is 7.68. The van der Waals surface area contributed by atoms with E-state index in [0.717, 1.165) is 0 Å². The van der Waals surface area contributed by atoms with Crippen molar-refractivity contribution in [2.24, 2.45) is 11.8 Å². The number of β-lactam (4-membered cyclic amide) rings is 1. The smallest absolute Gasteiger partial charge is 0.228 e. The van der Waals surface area contributed by atoms with Crippen LogP contribution in [0.25, 0.3) is 0 Å². The summed E-state index contributed by atoms with van der Waals surface area (Å²) in [4.78, 5) is 12.3. The lowest BCUT2D eigenvalue weighted by Gasteiger charge is -2.47. The average molecular weight is 402 g/mol. The number of carbonyl (C=O) groups excluding carboxylic acids is 1. The van der Waals surface area contributed by atoms with Gasteiger partial charge in [-0.15, -0.1) is 0 Å². The van der Waals surface area contributed by atoms with Gasteiger partial charge in [0, 0.05) is 12.6 Å². The molecule has 0 unspecified atom stereocenters. The Labute approximate surface area is 164 Å². The Bertz CT molecular complexity index is 506. The predicted octanol–water partition coefficient (Wildman–Crippen LogP) is 5.17. The molecule has 1 saturated heterocycles. The fourth-order valence-corrected chi connectivity index (χ4v) is 5.34. The van der Waals surface area contributed by atoms with Gasteiger partial charge in [0.15, 0.2) is 16.6 Å². The molecule has 0 aliphatic carbocycles. The molecule has 26 heavy (non-hydrogen) atoms. The van der Waals surface area contributed by atoms with Crippen LogP contribution in [0.1, 0.15) is 55.4 Å². The third-order valence-electron chi connectivity index (χ3n) is 6.92. The molecule has 0 spiro atoms. The minimum Gasteiger partial charge on any atom is -0.416 e. The van der Waals surface area contributed by atoms with E-state index >= 15 is 0 Å². The second-order valence-corrected chi connectivity index (χ2v) is 20.8. The van der Waals surface area contributed by atoms with Crippen LogP contribution < -0.4 is 5.32 Å². The van der Waals surface area contributed by atoms with Gasteiger partial charge in [0.05, 0.1) is 12.0 Å². The van der Waals surface area contributed by atoms with E-state index in [2.05, 4.69) is 86.9 Å². The number of nitrogens with one attached hydrogen (secondary N) is 1. The molecule has 0 saturated carbocycles. The summed E-state index contributed by atoms with van der Waals surface area (Å²) in [6.45, 7) is 27.5. The highest BCUT2D eigenvalue weighted by atomic mass is 28.4. The largest absolute Gasteiger partial charge is 0.416 e. The van der Waals surface area contributed by atoms with Gasteiger partial charge in [0.25, 0.3) is 0 Å². The molecule has 1 amide bonds. The molecule has 0 bridgehead atoms. The molecule has 0 aromatic carbocycles. The second-order valence-electron chi connectivity index (χ2n) is 11.2. The number of amides is 1. The summed E-state index contributed by atoms with van der Waals surface area (Å²) in [6, 6.07) is 0.145. The van der Waals surface area contributed by atoms with Crippen LogP contribution in [0.5, 0.6) is 0 Å². The lowest BCUT2D eigenvalue weighted by Crippen LogP contribution is -2.66. The quantitative estimate of drug-likeness (QED) is 0.473. The van der Waals surface area contributed by atoms with Crippen LogP contribution in [0.15, 0.2) is 0 Å². The average Bonchev–Trinajstić information content (AvgIpc) is 2.38. The van der Waals surface area contributed by atoms with Crippen molar-refractivity contribution in [2.45, 2.75) is 104 Å². The van der Waals surface area contributed by atoms with Crippen LogP contribution in [0.4, 0.5) is 0 Å². The summed E-state index contributed by atoms with van der Waals surface area (Å²) >= 11 is 0. The first kappa shape index (κ1) is 23.9. The number of hydrogen-bond acceptors (Lipinski definition) is 3. The minimum absolute atomic E-state index is 0.0510. The van der Waals surface area contributed by atoms with E-state index in [1.807, 2.05) is 0 Å². The summed E-state index contributed by atoms with van der Waals surface area (Å²) in [6.07, 6.45) is -0.0510. The molecule has 4 nitrogen and oxygen atoms in total. The molecule has 154 valence electrons. The van der Waals surface area contributed by atoms with Gasteiger partial charge in [-0.05, 0) is 49.1 Å². The standard InChI is InChI=1S/C20H43NO3Si2/c1-14(13-23-25(9,10)19(3,4)5)17-16(18(22)21-17)15(2)24-26(11,12)20(6,7)8/h14-17H,13H2,1-12H3,(H,21,22)/t14-,15+,16-,17+/m0/s1. The third kappa shape index (κ3) is 5.21. The van der Waals surface area contributed by atoms with Crippen molar-refractivity contribution in [1.82, 2.24) is 5.32 Å². The molecule has 1 aliphatic heterocycles. The number of carbonyl (C=O) groups is 1. The predicted molar refractivity (Wildman–Crippen MR) is 115 cm³/mol. The zero-order chi connectivity index (χ0) is 20.7. The Balaban J connectivity index is 2.73. The Kier molecular flexibility index (Phi) is 7.05. The van der Waals surface area contributed by atoms with Crippen molar-refractivity contribution in [3.63, 3.8) is 0 Å². The van der Waals surface area contributed by atoms with Crippen LogP contribution in [0, 0.1) is 11.8 Å². The zero-order valence-electron chi connectivity index (χ0n) is 19.2. The van der Waals surface area contributed by atoms with Gasteiger partial charge >= 0.3 is 0 Å². The van der Waals surface area contributed by atoms with Gasteiger partial charge in [0.1, 0.15) is 0 Å². The monoisotopic (exact) mass is 401 g/mol. The van der Waals surface area contributed by atoms with Gasteiger partial charge in [-0.1, -0.05) is 48.5 Å². The van der Waals surface area contributed by atoms with E-state index in [1.165, 1.54) is 0 Å². The molecule has 0 aromatic rings. The summed E-state index contributed by atoms with van der Waals surface area (Å²) in [5.74, 6) is 0.347. The van der Waals surface area contributed by atoms with Crippen molar-refractivity contribution in [3.05, 3.63) is 0 Å². The lowest BCUT2D eigenvalue weighted by molar-refractivity contribution is -0.142. The summed E-state index contributed by atoms with van der Waals surface area (Å²) in [5.41, 5.74) is 0. The SMILES string of the molecule is C[C@@H](CO[Si](C)(C)C(C)(C)C)[C@H]1NC(=O)[C@H]1[C@@H](C)O[Si](C)(C)C(C)(C)C. The first-order chi connectivity index (χ1) is 11.4. The third-order valence-corrected chi connectivity index (χ3v) is 16.0. The fraction of sp³-hybridized carbons (Fsp3) is 0.950. The first-order valence-corrected chi connectivity index (χ1v) is 15.8. The maximum Gasteiger partial charge on any atom is 0.228 e. The Morgan fingerprint density at radius 2 is 1.42 bits per heavy atom. The van der Waals surface area contributed by atoms with Crippen molar-refractivity contribution < 1.29 is 13.6 Å². The molecule has 1 aliphatic rings. The molecule has 1 N–H and O–H groups in total. The molecule has 6 heteroatoms. The summed E-state index contributed by atoms with van der Waals surface area (Å²) < 4.78 is 12.9. The van der Waals surface area contributed by atoms with Gasteiger partial charge in [0.2, 0.25) is 5.91 Å². The van der Waals surface area contributed by atoms with Crippen LogP contribution in [-0.4, -0.2) is 41.3 Å². The lowest BCUT2D eigenvalue weighted by atomic mass is 9.79. The van der Waals surface area contributed by atoms with Gasteiger partial charge in [-0.3, -0.25) is 4.79 Å². The Hall–Kier alpha value is -0.176. The molecular weight excluding hydrogens is 358 g/mol. The maximum atomic E-state index is 12.3. The molecule has 1 rings (SSSR count). The van der Waals surface area contributed by atoms with Crippen molar-refractivity contribution in [3.8, 4) is 0 Å². The van der Waals surface area contributed by atoms with Gasteiger partial charge in [-0.25, -0.2) is 0 Å². The number of rotatable bonds is 7. The van der Waals surface area contributed by atoms with E-state index in [9.17, 15) is 4.79 Å². The maximum absolute atomic E-state index is 12.3. The highest BCUT2D eigenvalue weighted by Crippen LogP contribution is 2.40. The van der Waals surface area contributed by atoms with E-state index in [1.54, 1.807) is 0 Å². The number of hydrogen-bond donors (Lipinski definition) is 1. The van der Waals surface area contributed by atoms with Crippen LogP contribution in [0.2, 0.25) is 36.3 Å². The molecule has 4 atom stereocenters. The first-order valence-electron chi connectivity index (χ1n) is 10.0. The molecule has 0 radical (unpaired) electrons. The van der Waals surface area contributed by atoms with Crippen molar-refractivity contribution >= 4 is 22.5 Å². The van der Waals surface area contributed by atoms with Crippen molar-refractivity contribution in [2.75, 3.05) is 6.61 Å². The van der Waals surface area contributed by atoms with E-state index in [0.29, 0.717) is 6.61 Å². The molecular formula is C20H43NO3Si2. The summed E-state index contributed by atoms with van der Waals surface area (Å²) in [5, 5.41) is 3.45. The fourth-order valence-electron chi connectivity index (χ4n) is 2.79. The Morgan fingerprint density at radius 1 is 0.962 bits per heavy atom. The van der Waals surface area contributed by atoms with E-state index in [4.69, 9.17) is 8.85 Å². The molecule has 0 aromatic heterocycles. The highest BCUT2D eigenvalue weighted by molar-refractivity contribution is 6.74. The van der Waals surface area contributed by atoms with Crippen LogP contribution in [-0.2, 0) is 13.6 Å². The van der Waals surface area contributed by atoms with Gasteiger partial charge < -0.3 is 14.2 Å². The van der Waals surface area contributed by atoms with E-state index < -0.39 is 16.6 Å². The molecule has 1 fully saturated rings. The minimum atomic E-state index is -1.88. The Morgan fingerprint density at radius 3 is 1.81 bits per heavy atom. The highest BCUT2D eigenvalue weighted by Gasteiger charge is 2.49. The summed E-state index contributed by atoms with van der Waals surface area (Å²) in [7, 11) is -3.65. The molecule has 1 heterocycles. The normalized spacial score (nSPS) is 24.7. The zero-order valence-corrected chi connectivity index (χ0v) is 21.2. The topological polar surface area (TPSA) is 47.6 Å². The van der Waals surface area contributed by atoms with Crippen LogP contribution >= 0.6 is 0 Å². The van der Waals surface area contributed by atoms with E-state index in [-0.39, 0.29) is 40.0 Å². The van der Waals surface area contributed by atoms with Crippen molar-refractivity contribution in [1.29, 1.82) is 0 Å². The van der Waals surface area contributed by atoms with Gasteiger partial charge in [-0.2, -0.15) is 0 Å². The van der Waals surface area contributed by atoms with Crippen LogP contribution in [0.3, 0.4) is 0 Å².